The van der Waals surface area contributed by atoms with Crippen LogP contribution < -0.4 is 10.5 Å². The summed E-state index contributed by atoms with van der Waals surface area (Å²) in [4.78, 5) is 34.4. The van der Waals surface area contributed by atoms with Gasteiger partial charge >= 0.3 is 0 Å². The molecule has 0 bridgehead atoms. The van der Waals surface area contributed by atoms with Crippen molar-refractivity contribution < 1.29 is 37.4 Å². The van der Waals surface area contributed by atoms with Gasteiger partial charge in [-0.05, 0) is 37.5 Å². The molecule has 12 heteroatoms. The second kappa shape index (κ2) is 8.84. The summed E-state index contributed by atoms with van der Waals surface area (Å²) in [7, 11) is -4.09. The lowest BCUT2D eigenvalue weighted by Gasteiger charge is -2.46. The molecule has 0 aliphatic carbocycles. The number of carboxylic acid groups (broad SMARTS) is 1. The molecule has 3 rings (SSSR count). The average molecular weight is 431 g/mol. The molecule has 0 saturated carbocycles. The Bertz CT molecular complexity index is 908. The Morgan fingerprint density at radius 1 is 1.41 bits per heavy atom. The molecular weight excluding hydrogens is 409 g/mol. The van der Waals surface area contributed by atoms with Crippen molar-refractivity contribution in [3.05, 3.63) is 29.6 Å². The van der Waals surface area contributed by atoms with E-state index in [1.165, 1.54) is 4.90 Å². The molecule has 1 aromatic carbocycles. The number of benzene rings is 1. The summed E-state index contributed by atoms with van der Waals surface area (Å²) < 4.78 is 37.1. The number of halogens is 1. The molecule has 29 heavy (non-hydrogen) atoms. The lowest BCUT2D eigenvalue weighted by atomic mass is 9.71. The van der Waals surface area contributed by atoms with Crippen molar-refractivity contribution in [3.8, 4) is 0 Å². The predicted octanol–water partition coefficient (Wildman–Crippen LogP) is -0.723. The maximum Gasteiger partial charge on any atom is 0.290 e. The first-order chi connectivity index (χ1) is 13.6. The number of primary sulfonamides is 1. The zero-order valence-electron chi connectivity index (χ0n) is 15.4. The van der Waals surface area contributed by atoms with Gasteiger partial charge in [0.05, 0.1) is 22.0 Å². The van der Waals surface area contributed by atoms with Crippen molar-refractivity contribution in [1.29, 1.82) is 0 Å². The number of nitrogens with zero attached hydrogens (tertiary/aromatic N) is 1. The van der Waals surface area contributed by atoms with E-state index in [0.717, 1.165) is 18.2 Å². The number of nitrogens with one attached hydrogen (secondary N) is 1. The molecule has 2 fully saturated rings. The van der Waals surface area contributed by atoms with Crippen LogP contribution in [0.25, 0.3) is 0 Å². The van der Waals surface area contributed by atoms with Crippen LogP contribution in [0.1, 0.15) is 29.6 Å². The number of hydrogen-bond donors (Lipinski definition) is 4. The fourth-order valence-corrected chi connectivity index (χ4v) is 4.17. The van der Waals surface area contributed by atoms with Gasteiger partial charge in [-0.2, -0.15) is 0 Å². The van der Waals surface area contributed by atoms with E-state index in [4.69, 9.17) is 15.0 Å². The largest absolute Gasteiger partial charge is 0.483 e. The number of sulfonamides is 1. The highest BCUT2D eigenvalue weighted by molar-refractivity contribution is 7.89. The second-order valence-corrected chi connectivity index (χ2v) is 8.40. The molecule has 160 valence electrons. The molecule has 2 amide bonds. The minimum absolute atomic E-state index is 0.0577. The molecule has 2 heterocycles. The molecule has 2 atom stereocenters. The molecule has 5 N–H and O–H groups in total. The third-order valence-corrected chi connectivity index (χ3v) is 6.02. The van der Waals surface area contributed by atoms with Crippen LogP contribution in [0.2, 0.25) is 0 Å². The third kappa shape index (κ3) is 4.71. The summed E-state index contributed by atoms with van der Waals surface area (Å²) in [5.74, 6) is -1.94. The highest BCUT2D eigenvalue weighted by Crippen LogP contribution is 2.37. The highest BCUT2D eigenvalue weighted by Gasteiger charge is 2.50. The lowest BCUT2D eigenvalue weighted by molar-refractivity contribution is -0.147. The van der Waals surface area contributed by atoms with Gasteiger partial charge in [0.2, 0.25) is 15.9 Å². The van der Waals surface area contributed by atoms with Crippen LogP contribution in [0.5, 0.6) is 0 Å². The Hall–Kier alpha value is -2.57. The summed E-state index contributed by atoms with van der Waals surface area (Å²) in [6.45, 7) is 0.332. The van der Waals surface area contributed by atoms with E-state index < -0.39 is 38.8 Å². The van der Waals surface area contributed by atoms with E-state index in [9.17, 15) is 27.5 Å². The van der Waals surface area contributed by atoms with Crippen LogP contribution in [-0.4, -0.2) is 67.6 Å². The van der Waals surface area contributed by atoms with Gasteiger partial charge in [-0.25, -0.2) is 17.9 Å². The summed E-state index contributed by atoms with van der Waals surface area (Å²) in [6.07, 6.45) is 0.367. The Kier molecular flexibility index (Phi) is 6.93. The van der Waals surface area contributed by atoms with Crippen molar-refractivity contribution in [2.75, 3.05) is 19.6 Å². The summed E-state index contributed by atoms with van der Waals surface area (Å²) in [6, 6.07) is 2.75. The van der Waals surface area contributed by atoms with Crippen molar-refractivity contribution in [1.82, 2.24) is 10.2 Å². The number of piperidine rings is 2. The maximum absolute atomic E-state index is 14.1. The van der Waals surface area contributed by atoms with E-state index in [-0.39, 0.29) is 36.8 Å². The number of carbonyl (C=O) groups excluding carboxylic acids is 2. The number of rotatable bonds is 2. The lowest BCUT2D eigenvalue weighted by Crippen LogP contribution is -2.62. The number of likely N-dealkylation sites (tertiary alicyclic amines) is 1. The SMILES string of the molecule is NS(=O)(=O)c1ccc(F)c(C(=O)N2CC[C@@H](O)[C@@]3(CCCNC3=O)C2)c1.O=CO. The van der Waals surface area contributed by atoms with Crippen molar-refractivity contribution >= 4 is 28.3 Å². The smallest absolute Gasteiger partial charge is 0.290 e. The number of nitrogens with two attached hydrogens (primary N) is 1. The molecule has 0 unspecified atom stereocenters. The van der Waals surface area contributed by atoms with E-state index in [1.807, 2.05) is 0 Å². The quantitative estimate of drug-likeness (QED) is 0.448. The summed E-state index contributed by atoms with van der Waals surface area (Å²) in [5, 5.41) is 25.0. The highest BCUT2D eigenvalue weighted by atomic mass is 32.2. The van der Waals surface area contributed by atoms with Crippen molar-refractivity contribution in [3.63, 3.8) is 0 Å². The Morgan fingerprint density at radius 3 is 2.66 bits per heavy atom. The van der Waals surface area contributed by atoms with Gasteiger partial charge in [0, 0.05) is 19.6 Å². The van der Waals surface area contributed by atoms with Gasteiger partial charge < -0.3 is 20.4 Å². The fraction of sp³-hybridized carbons (Fsp3) is 0.471. The molecular formula is C17H22FN3O7S. The number of aliphatic hydroxyl groups is 1. The van der Waals surface area contributed by atoms with Crippen LogP contribution in [0.3, 0.4) is 0 Å². The Morgan fingerprint density at radius 2 is 2.07 bits per heavy atom. The first kappa shape index (κ1) is 22.7. The first-order valence-corrected chi connectivity index (χ1v) is 10.3. The van der Waals surface area contributed by atoms with Gasteiger partial charge in [0.1, 0.15) is 5.82 Å². The van der Waals surface area contributed by atoms with Gasteiger partial charge in [-0.15, -0.1) is 0 Å². The average Bonchev–Trinajstić information content (AvgIpc) is 2.66. The van der Waals surface area contributed by atoms with Gasteiger partial charge in [-0.1, -0.05) is 0 Å². The second-order valence-electron chi connectivity index (χ2n) is 6.84. The number of hydrogen-bond acceptors (Lipinski definition) is 6. The van der Waals surface area contributed by atoms with Crippen LogP contribution >= 0.6 is 0 Å². The van der Waals surface area contributed by atoms with Crippen LogP contribution in [-0.2, 0) is 19.6 Å². The number of amides is 2. The zero-order chi connectivity index (χ0) is 21.8. The van der Waals surface area contributed by atoms with E-state index in [1.54, 1.807) is 0 Å². The van der Waals surface area contributed by atoms with E-state index >= 15 is 0 Å². The first-order valence-electron chi connectivity index (χ1n) is 8.72. The Balaban J connectivity index is 0.000000941. The molecule has 0 radical (unpaired) electrons. The standard InChI is InChI=1S/C16H20FN3O5S.CH2O2/c17-12-3-2-10(26(18,24)25)8-11(12)14(22)20-7-4-13(21)16(9-20)5-1-6-19-15(16)23;2-1-3/h2-3,8,13,21H,1,4-7,9H2,(H,19,23)(H2,18,24,25);1H,(H,2,3)/t13-,16-;/m1./s1. The maximum atomic E-state index is 14.1. The van der Waals surface area contributed by atoms with Crippen LogP contribution in [0.15, 0.2) is 23.1 Å². The molecule has 2 aliphatic rings. The van der Waals surface area contributed by atoms with Crippen molar-refractivity contribution in [2.45, 2.75) is 30.3 Å². The van der Waals surface area contributed by atoms with E-state index in [2.05, 4.69) is 5.32 Å². The van der Waals surface area contributed by atoms with E-state index in [0.29, 0.717) is 19.4 Å². The third-order valence-electron chi connectivity index (χ3n) is 5.10. The summed E-state index contributed by atoms with van der Waals surface area (Å²) in [5.41, 5.74) is -1.56. The zero-order valence-corrected chi connectivity index (χ0v) is 16.2. The van der Waals surface area contributed by atoms with Crippen LogP contribution in [0.4, 0.5) is 4.39 Å². The molecule has 10 nitrogen and oxygen atoms in total. The number of aliphatic hydroxyl groups excluding tert-OH is 1. The molecule has 2 aliphatic heterocycles. The molecule has 1 spiro atoms. The normalized spacial score (nSPS) is 24.3. The monoisotopic (exact) mass is 431 g/mol. The molecule has 0 aromatic heterocycles. The number of carbonyl (C=O) groups is 3. The van der Waals surface area contributed by atoms with Gasteiger partial charge in [0.25, 0.3) is 12.4 Å². The minimum atomic E-state index is -4.09. The topological polar surface area (TPSA) is 167 Å². The molecule has 1 aromatic rings. The summed E-state index contributed by atoms with van der Waals surface area (Å²) >= 11 is 0. The fourth-order valence-electron chi connectivity index (χ4n) is 3.63. The minimum Gasteiger partial charge on any atom is -0.483 e. The van der Waals surface area contributed by atoms with Crippen LogP contribution in [0, 0.1) is 11.2 Å². The van der Waals surface area contributed by atoms with Gasteiger partial charge in [0.15, 0.2) is 0 Å². The molecule has 2 saturated heterocycles. The van der Waals surface area contributed by atoms with Gasteiger partial charge in [-0.3, -0.25) is 14.4 Å². The Labute approximate surface area is 166 Å². The predicted molar refractivity (Wildman–Crippen MR) is 97.7 cm³/mol. The van der Waals surface area contributed by atoms with Crippen molar-refractivity contribution in [2.24, 2.45) is 10.6 Å².